The number of hydrogen-bond acceptors (Lipinski definition) is 3. The van der Waals surface area contributed by atoms with Crippen molar-refractivity contribution in [3.05, 3.63) is 94.7 Å². The van der Waals surface area contributed by atoms with Crippen molar-refractivity contribution in [3.63, 3.8) is 0 Å². The number of rotatable bonds is 5. The van der Waals surface area contributed by atoms with Gasteiger partial charge in [-0.05, 0) is 35.4 Å². The lowest BCUT2D eigenvalue weighted by molar-refractivity contribution is 0.560. The molecule has 0 saturated carbocycles. The van der Waals surface area contributed by atoms with Gasteiger partial charge in [0.25, 0.3) is 0 Å². The molecule has 3 heterocycles. The number of nitrogens with zero attached hydrogens (tertiary/aromatic N) is 3. The number of hydrogen-bond donors (Lipinski definition) is 2. The van der Waals surface area contributed by atoms with Crippen LogP contribution in [0, 0.1) is 18.2 Å². The van der Waals surface area contributed by atoms with Crippen molar-refractivity contribution in [1.29, 1.82) is 0 Å². The highest BCUT2D eigenvalue weighted by Gasteiger charge is 2.09. The minimum absolute atomic E-state index is 0.0123. The predicted octanol–water partition coefficient (Wildman–Crippen LogP) is 4.99. The number of benzene rings is 1. The average Bonchev–Trinajstić information content (AvgIpc) is 3.10. The maximum Gasteiger partial charge on any atom is 0.205 e. The van der Waals surface area contributed by atoms with Gasteiger partial charge >= 0.3 is 0 Å². The topological polar surface area (TPSA) is 58.0 Å². The number of aromatic nitrogens is 3. The Morgan fingerprint density at radius 1 is 1.07 bits per heavy atom. The molecule has 28 heavy (non-hydrogen) atoms. The Morgan fingerprint density at radius 3 is 2.61 bits per heavy atom. The second-order valence-corrected chi connectivity index (χ2v) is 6.30. The van der Waals surface area contributed by atoms with Gasteiger partial charge in [-0.3, -0.25) is 4.98 Å². The molecule has 5 nitrogen and oxygen atoms in total. The summed E-state index contributed by atoms with van der Waals surface area (Å²) >= 11 is 0. The monoisotopic (exact) mass is 375 g/mol. The second kappa shape index (κ2) is 7.45. The molecule has 2 N–H and O–H groups in total. The molecule has 0 fully saturated rings. The Kier molecular flexibility index (Phi) is 4.68. The molecule has 138 valence electrons. The fourth-order valence-electron chi connectivity index (χ4n) is 2.99. The van der Waals surface area contributed by atoms with Crippen molar-refractivity contribution in [2.24, 2.45) is 0 Å². The van der Waals surface area contributed by atoms with E-state index in [9.17, 15) is 8.78 Å². The van der Waals surface area contributed by atoms with Crippen LogP contribution in [0.15, 0.2) is 55.0 Å². The van der Waals surface area contributed by atoms with Gasteiger partial charge in [0.1, 0.15) is 23.1 Å². The average molecular weight is 375 g/mol. The van der Waals surface area contributed by atoms with Gasteiger partial charge in [-0.15, -0.1) is 0 Å². The first kappa shape index (κ1) is 17.6. The molecule has 0 aliphatic carbocycles. The van der Waals surface area contributed by atoms with Crippen molar-refractivity contribution < 1.29 is 8.78 Å². The van der Waals surface area contributed by atoms with E-state index in [1.165, 1.54) is 24.4 Å². The number of nitrogens with one attached hydrogen (secondary N) is 2. The predicted molar refractivity (Wildman–Crippen MR) is 103 cm³/mol. The molecular formula is C21H15F2N5. The molecule has 4 aromatic rings. The van der Waals surface area contributed by atoms with Gasteiger partial charge in [-0.2, -0.15) is 0 Å². The van der Waals surface area contributed by atoms with Crippen LogP contribution in [0.3, 0.4) is 0 Å². The van der Waals surface area contributed by atoms with Crippen LogP contribution >= 0.6 is 0 Å². The zero-order valence-corrected chi connectivity index (χ0v) is 14.7. The zero-order chi connectivity index (χ0) is 19.5. The molecule has 3 aromatic heterocycles. The Bertz CT molecular complexity index is 1160. The zero-order valence-electron chi connectivity index (χ0n) is 14.7. The quantitative estimate of drug-likeness (QED) is 0.483. The smallest absolute Gasteiger partial charge is 0.205 e. The lowest BCUT2D eigenvalue weighted by Gasteiger charge is -2.08. The number of pyridine rings is 2. The van der Waals surface area contributed by atoms with Gasteiger partial charge < -0.3 is 10.3 Å². The standard InChI is InChI=1S/C21H15F2N5/c1-24-15-8-16-14(10-27-21(16)28-11-15)7-13-5-6-20(25-9-13)26-12-17-18(22)3-2-4-19(17)23/h2-6,8-11H,7,12H2,(H,25,26)(H,27,28). The van der Waals surface area contributed by atoms with E-state index in [1.807, 2.05) is 18.3 Å². The lowest BCUT2D eigenvalue weighted by Crippen LogP contribution is -2.05. The third kappa shape index (κ3) is 3.53. The maximum absolute atomic E-state index is 13.7. The van der Waals surface area contributed by atoms with Crippen molar-refractivity contribution in [1.82, 2.24) is 15.0 Å². The maximum atomic E-state index is 13.7. The highest BCUT2D eigenvalue weighted by molar-refractivity contribution is 5.83. The van der Waals surface area contributed by atoms with Gasteiger partial charge in [0.2, 0.25) is 5.69 Å². The molecule has 0 aliphatic heterocycles. The molecule has 0 amide bonds. The van der Waals surface area contributed by atoms with Gasteiger partial charge in [0.15, 0.2) is 0 Å². The number of aromatic amines is 1. The van der Waals surface area contributed by atoms with E-state index in [1.54, 1.807) is 12.3 Å². The molecule has 0 aliphatic rings. The summed E-state index contributed by atoms with van der Waals surface area (Å²) in [5, 5.41) is 3.84. The largest absolute Gasteiger partial charge is 0.366 e. The molecule has 7 heteroatoms. The van der Waals surface area contributed by atoms with Crippen LogP contribution in [-0.2, 0) is 13.0 Å². The molecule has 1 aromatic carbocycles. The fourth-order valence-corrected chi connectivity index (χ4v) is 2.99. The molecule has 4 rings (SSSR count). The summed E-state index contributed by atoms with van der Waals surface area (Å²) < 4.78 is 27.4. The Labute approximate surface area is 159 Å². The van der Waals surface area contributed by atoms with Gasteiger partial charge in [0.05, 0.1) is 6.57 Å². The fraction of sp³-hybridized carbons (Fsp3) is 0.0952. The molecule has 0 radical (unpaired) electrons. The SMILES string of the molecule is [C-]#[N+]c1cnc2[nH]cc(Cc3ccc(NCc4c(F)cccc4F)nc3)c2c1. The van der Waals surface area contributed by atoms with Crippen LogP contribution in [0.5, 0.6) is 0 Å². The molecule has 0 spiro atoms. The van der Waals surface area contributed by atoms with E-state index in [0.717, 1.165) is 22.2 Å². The summed E-state index contributed by atoms with van der Waals surface area (Å²) in [7, 11) is 0. The third-order valence-corrected chi connectivity index (χ3v) is 4.46. The summed E-state index contributed by atoms with van der Waals surface area (Å²) in [6.45, 7) is 7.14. The van der Waals surface area contributed by atoms with Crippen LogP contribution in [0.25, 0.3) is 15.9 Å². The van der Waals surface area contributed by atoms with Crippen LogP contribution in [-0.4, -0.2) is 15.0 Å². The summed E-state index contributed by atoms with van der Waals surface area (Å²) in [5.74, 6) is -0.644. The Hall–Kier alpha value is -3.79. The van der Waals surface area contributed by atoms with Crippen LogP contribution in [0.4, 0.5) is 20.3 Å². The molecule has 0 bridgehead atoms. The van der Waals surface area contributed by atoms with Crippen molar-refractivity contribution in [2.75, 3.05) is 5.32 Å². The minimum atomic E-state index is -0.587. The normalized spacial score (nSPS) is 10.8. The first-order valence-electron chi connectivity index (χ1n) is 8.59. The van der Waals surface area contributed by atoms with E-state index in [0.29, 0.717) is 17.9 Å². The lowest BCUT2D eigenvalue weighted by atomic mass is 10.1. The highest BCUT2D eigenvalue weighted by Crippen LogP contribution is 2.24. The molecule has 0 saturated heterocycles. The molecular weight excluding hydrogens is 360 g/mol. The summed E-state index contributed by atoms with van der Waals surface area (Å²) in [5.41, 5.74) is 3.20. The van der Waals surface area contributed by atoms with Crippen molar-refractivity contribution in [2.45, 2.75) is 13.0 Å². The summed E-state index contributed by atoms with van der Waals surface area (Å²) in [6, 6.07) is 9.28. The Morgan fingerprint density at radius 2 is 1.89 bits per heavy atom. The van der Waals surface area contributed by atoms with Crippen molar-refractivity contribution >= 4 is 22.5 Å². The van der Waals surface area contributed by atoms with Gasteiger partial charge in [0, 0.05) is 42.5 Å². The Balaban J connectivity index is 1.47. The van der Waals surface area contributed by atoms with E-state index in [-0.39, 0.29) is 12.1 Å². The van der Waals surface area contributed by atoms with Crippen LogP contribution in [0.1, 0.15) is 16.7 Å². The minimum Gasteiger partial charge on any atom is -0.366 e. The number of H-pyrrole nitrogens is 1. The third-order valence-electron chi connectivity index (χ3n) is 4.46. The molecule has 0 atom stereocenters. The van der Waals surface area contributed by atoms with Gasteiger partial charge in [-0.1, -0.05) is 12.1 Å². The second-order valence-electron chi connectivity index (χ2n) is 6.30. The van der Waals surface area contributed by atoms with E-state index in [4.69, 9.17) is 6.57 Å². The van der Waals surface area contributed by atoms with Crippen molar-refractivity contribution in [3.8, 4) is 0 Å². The van der Waals surface area contributed by atoms with Crippen LogP contribution < -0.4 is 5.32 Å². The summed E-state index contributed by atoms with van der Waals surface area (Å²) in [6.07, 6.45) is 5.75. The first-order chi connectivity index (χ1) is 13.6. The number of halogens is 2. The van der Waals surface area contributed by atoms with E-state index >= 15 is 0 Å². The summed E-state index contributed by atoms with van der Waals surface area (Å²) in [4.78, 5) is 15.1. The number of fused-ring (bicyclic) bond motifs is 1. The van der Waals surface area contributed by atoms with Crippen LogP contribution in [0.2, 0.25) is 0 Å². The van der Waals surface area contributed by atoms with E-state index < -0.39 is 11.6 Å². The first-order valence-corrected chi connectivity index (χ1v) is 8.59. The highest BCUT2D eigenvalue weighted by atomic mass is 19.1. The van der Waals surface area contributed by atoms with E-state index in [2.05, 4.69) is 25.1 Å². The van der Waals surface area contributed by atoms with Gasteiger partial charge in [-0.25, -0.2) is 18.6 Å². The molecule has 0 unspecified atom stereocenters. The number of anilines is 1.